The van der Waals surface area contributed by atoms with E-state index in [4.69, 9.17) is 9.15 Å². The number of ether oxygens (including phenoxy) is 2. The zero-order valence-corrected chi connectivity index (χ0v) is 12.3. The fourth-order valence-electron chi connectivity index (χ4n) is 2.54. The predicted molar refractivity (Wildman–Crippen MR) is 77.3 cm³/mol. The standard InChI is InChI=1S/C15H18N2O5/c1-20-15(19)7-11-8-17(4-5-21-11)9-14-16-12-3-2-10(18)6-13(12)22-14/h2-3,6,11,18H,4-5,7-9H2,1H3. The van der Waals surface area contributed by atoms with Crippen molar-refractivity contribution in [3.8, 4) is 5.75 Å². The van der Waals surface area contributed by atoms with Crippen LogP contribution in [0.5, 0.6) is 5.75 Å². The quantitative estimate of drug-likeness (QED) is 0.852. The summed E-state index contributed by atoms with van der Waals surface area (Å²) in [6, 6.07) is 4.85. The number of carbonyl (C=O) groups is 1. The Balaban J connectivity index is 1.64. The SMILES string of the molecule is COC(=O)CC1CN(Cc2nc3ccc(O)cc3o2)CCO1. The lowest BCUT2D eigenvalue weighted by Crippen LogP contribution is -2.42. The van der Waals surface area contributed by atoms with Gasteiger partial charge in [0.2, 0.25) is 5.89 Å². The first-order valence-electron chi connectivity index (χ1n) is 7.13. The topological polar surface area (TPSA) is 85.0 Å². The number of methoxy groups -OCH3 is 1. The second kappa shape index (κ2) is 6.33. The van der Waals surface area contributed by atoms with Gasteiger partial charge in [-0.05, 0) is 12.1 Å². The molecule has 22 heavy (non-hydrogen) atoms. The highest BCUT2D eigenvalue weighted by molar-refractivity contribution is 5.74. The fourth-order valence-corrected chi connectivity index (χ4v) is 2.54. The number of hydrogen-bond acceptors (Lipinski definition) is 7. The molecule has 2 aromatic rings. The van der Waals surface area contributed by atoms with Gasteiger partial charge in [-0.1, -0.05) is 0 Å². The number of carbonyl (C=O) groups excluding carboxylic acids is 1. The molecule has 2 heterocycles. The maximum absolute atomic E-state index is 11.3. The van der Waals surface area contributed by atoms with Crippen LogP contribution < -0.4 is 0 Å². The zero-order valence-electron chi connectivity index (χ0n) is 12.3. The van der Waals surface area contributed by atoms with Crippen LogP contribution in [0.1, 0.15) is 12.3 Å². The first-order valence-corrected chi connectivity index (χ1v) is 7.13. The number of morpholine rings is 1. The average molecular weight is 306 g/mol. The monoisotopic (exact) mass is 306 g/mol. The van der Waals surface area contributed by atoms with Gasteiger partial charge in [-0.2, -0.15) is 0 Å². The van der Waals surface area contributed by atoms with Crippen LogP contribution in [-0.4, -0.2) is 53.9 Å². The third-order valence-corrected chi connectivity index (χ3v) is 3.62. The summed E-state index contributed by atoms with van der Waals surface area (Å²) in [5, 5.41) is 9.44. The van der Waals surface area contributed by atoms with Crippen molar-refractivity contribution in [3.63, 3.8) is 0 Å². The number of esters is 1. The third-order valence-electron chi connectivity index (χ3n) is 3.62. The van der Waals surface area contributed by atoms with E-state index in [1.165, 1.54) is 7.11 Å². The van der Waals surface area contributed by atoms with Crippen LogP contribution in [0.15, 0.2) is 22.6 Å². The van der Waals surface area contributed by atoms with Crippen molar-refractivity contribution in [1.29, 1.82) is 0 Å². The molecule has 0 bridgehead atoms. The molecule has 0 saturated carbocycles. The molecule has 1 aromatic carbocycles. The number of rotatable bonds is 4. The summed E-state index contributed by atoms with van der Waals surface area (Å²) in [6.07, 6.45) is 0.0728. The third kappa shape index (κ3) is 3.37. The lowest BCUT2D eigenvalue weighted by Gasteiger charge is -2.31. The second-order valence-electron chi connectivity index (χ2n) is 5.27. The molecule has 1 aromatic heterocycles. The van der Waals surface area contributed by atoms with Crippen molar-refractivity contribution in [2.45, 2.75) is 19.1 Å². The normalized spacial score (nSPS) is 19.4. The molecule has 0 aliphatic carbocycles. The van der Waals surface area contributed by atoms with Gasteiger partial charge in [0.25, 0.3) is 0 Å². The molecule has 1 atom stereocenters. The van der Waals surface area contributed by atoms with E-state index in [1.54, 1.807) is 18.2 Å². The second-order valence-corrected chi connectivity index (χ2v) is 5.27. The molecule has 1 aliphatic rings. The lowest BCUT2D eigenvalue weighted by atomic mass is 10.2. The van der Waals surface area contributed by atoms with Crippen molar-refractivity contribution >= 4 is 17.1 Å². The summed E-state index contributed by atoms with van der Waals surface area (Å²) < 4.78 is 15.9. The Kier molecular flexibility index (Phi) is 4.26. The molecule has 1 aliphatic heterocycles. The molecule has 7 heteroatoms. The number of phenolic OH excluding ortho intramolecular Hbond substituents is 1. The molecule has 0 spiro atoms. The lowest BCUT2D eigenvalue weighted by molar-refractivity contribution is -0.145. The smallest absolute Gasteiger partial charge is 0.308 e. The van der Waals surface area contributed by atoms with Gasteiger partial charge in [-0.3, -0.25) is 9.69 Å². The molecule has 118 valence electrons. The average Bonchev–Trinajstić information content (AvgIpc) is 2.88. The van der Waals surface area contributed by atoms with E-state index in [-0.39, 0.29) is 24.2 Å². The van der Waals surface area contributed by atoms with E-state index >= 15 is 0 Å². The van der Waals surface area contributed by atoms with Gasteiger partial charge in [0, 0.05) is 19.2 Å². The van der Waals surface area contributed by atoms with Crippen LogP contribution in [0.2, 0.25) is 0 Å². The molecule has 1 fully saturated rings. The summed E-state index contributed by atoms with van der Waals surface area (Å²) in [6.45, 7) is 2.47. The Bertz CT molecular complexity index is 669. The number of aromatic nitrogens is 1. The molecular formula is C15H18N2O5. The van der Waals surface area contributed by atoms with Gasteiger partial charge in [-0.15, -0.1) is 0 Å². The van der Waals surface area contributed by atoms with Gasteiger partial charge in [0.1, 0.15) is 11.3 Å². The van der Waals surface area contributed by atoms with Crippen molar-refractivity contribution in [1.82, 2.24) is 9.88 Å². The molecule has 3 rings (SSSR count). The Morgan fingerprint density at radius 1 is 1.55 bits per heavy atom. The Hall–Kier alpha value is -2.12. The highest BCUT2D eigenvalue weighted by Crippen LogP contribution is 2.22. The molecule has 1 saturated heterocycles. The summed E-state index contributed by atoms with van der Waals surface area (Å²) in [7, 11) is 1.37. The minimum absolute atomic E-state index is 0.153. The number of nitrogens with zero attached hydrogens (tertiary/aromatic N) is 2. The molecule has 1 N–H and O–H groups in total. The molecular weight excluding hydrogens is 288 g/mol. The minimum atomic E-state index is -0.274. The number of hydrogen-bond donors (Lipinski definition) is 1. The first kappa shape index (κ1) is 14.8. The number of phenols is 1. The largest absolute Gasteiger partial charge is 0.508 e. The van der Waals surface area contributed by atoms with E-state index in [0.717, 1.165) is 6.54 Å². The van der Waals surface area contributed by atoms with Crippen molar-refractivity contribution in [3.05, 3.63) is 24.1 Å². The van der Waals surface area contributed by atoms with Crippen LogP contribution >= 0.6 is 0 Å². The van der Waals surface area contributed by atoms with Crippen LogP contribution in [0.4, 0.5) is 0 Å². The summed E-state index contributed by atoms with van der Waals surface area (Å²) in [5.41, 5.74) is 1.28. The van der Waals surface area contributed by atoms with Crippen molar-refractivity contribution in [2.24, 2.45) is 0 Å². The Labute approximate surface area is 127 Å². The van der Waals surface area contributed by atoms with E-state index in [1.807, 2.05) is 0 Å². The first-order chi connectivity index (χ1) is 10.6. The van der Waals surface area contributed by atoms with Crippen molar-refractivity contribution in [2.75, 3.05) is 26.8 Å². The number of benzene rings is 1. The fraction of sp³-hybridized carbons (Fsp3) is 0.467. The molecule has 0 amide bonds. The van der Waals surface area contributed by atoms with E-state index in [9.17, 15) is 9.90 Å². The zero-order chi connectivity index (χ0) is 15.5. The highest BCUT2D eigenvalue weighted by atomic mass is 16.5. The summed E-state index contributed by atoms with van der Waals surface area (Å²) in [4.78, 5) is 17.8. The minimum Gasteiger partial charge on any atom is -0.508 e. The van der Waals surface area contributed by atoms with Crippen LogP contribution in [0, 0.1) is 0 Å². The molecule has 1 unspecified atom stereocenters. The van der Waals surface area contributed by atoms with Gasteiger partial charge >= 0.3 is 5.97 Å². The number of aromatic hydroxyl groups is 1. The number of oxazole rings is 1. The predicted octanol–water partition coefficient (Wildman–Crippen LogP) is 1.30. The van der Waals surface area contributed by atoms with E-state index in [2.05, 4.69) is 14.6 Å². The van der Waals surface area contributed by atoms with Gasteiger partial charge in [0.15, 0.2) is 5.58 Å². The molecule has 0 radical (unpaired) electrons. The summed E-state index contributed by atoms with van der Waals surface area (Å²) in [5.74, 6) is 0.461. The maximum Gasteiger partial charge on any atom is 0.308 e. The highest BCUT2D eigenvalue weighted by Gasteiger charge is 2.24. The van der Waals surface area contributed by atoms with Gasteiger partial charge < -0.3 is 19.0 Å². The van der Waals surface area contributed by atoms with Crippen LogP contribution in [-0.2, 0) is 20.8 Å². The molecule has 7 nitrogen and oxygen atoms in total. The van der Waals surface area contributed by atoms with Crippen LogP contribution in [0.25, 0.3) is 11.1 Å². The van der Waals surface area contributed by atoms with Crippen LogP contribution in [0.3, 0.4) is 0 Å². The van der Waals surface area contributed by atoms with E-state index < -0.39 is 0 Å². The Morgan fingerprint density at radius 3 is 3.23 bits per heavy atom. The van der Waals surface area contributed by atoms with Crippen molar-refractivity contribution < 1.29 is 23.8 Å². The summed E-state index contributed by atoms with van der Waals surface area (Å²) >= 11 is 0. The van der Waals surface area contributed by atoms with Gasteiger partial charge in [-0.25, -0.2) is 4.98 Å². The van der Waals surface area contributed by atoms with Gasteiger partial charge in [0.05, 0.1) is 32.8 Å². The van der Waals surface area contributed by atoms with E-state index in [0.29, 0.717) is 36.7 Å². The maximum atomic E-state index is 11.3. The number of fused-ring (bicyclic) bond motifs is 1. The Morgan fingerprint density at radius 2 is 2.41 bits per heavy atom.